The number of fused-ring (bicyclic) bond motifs is 7. The van der Waals surface area contributed by atoms with E-state index in [0.717, 1.165) is 0 Å². The van der Waals surface area contributed by atoms with Crippen LogP contribution in [0.1, 0.15) is 0 Å². The minimum absolute atomic E-state index is 1.18. The second-order valence-electron chi connectivity index (χ2n) is 7.13. The Balaban J connectivity index is 1.72. The van der Waals surface area contributed by atoms with Crippen LogP contribution in [0.2, 0.25) is 0 Å². The quantitative estimate of drug-likeness (QED) is 0.302. The summed E-state index contributed by atoms with van der Waals surface area (Å²) in [6, 6.07) is 33.0. The van der Waals surface area contributed by atoms with Gasteiger partial charge in [0.25, 0.3) is 0 Å². The number of rotatable bonds is 1. The summed E-state index contributed by atoms with van der Waals surface area (Å²) in [5, 5.41) is 9.14. The van der Waals surface area contributed by atoms with Gasteiger partial charge in [0.1, 0.15) is 0 Å². The summed E-state index contributed by atoms with van der Waals surface area (Å²) in [6.07, 6.45) is 1.99. The lowest BCUT2D eigenvalue weighted by Crippen LogP contribution is -1.85. The molecule has 0 aliphatic rings. The van der Waals surface area contributed by atoms with Crippen molar-refractivity contribution >= 4 is 43.2 Å². The van der Waals surface area contributed by atoms with Crippen molar-refractivity contribution in [1.82, 2.24) is 4.98 Å². The van der Waals surface area contributed by atoms with E-state index in [4.69, 9.17) is 0 Å². The first-order chi connectivity index (χ1) is 13.4. The molecule has 0 saturated carbocycles. The van der Waals surface area contributed by atoms with Gasteiger partial charge in [-0.2, -0.15) is 0 Å². The lowest BCUT2D eigenvalue weighted by molar-refractivity contribution is 1.48. The van der Waals surface area contributed by atoms with Crippen LogP contribution in [0.4, 0.5) is 0 Å². The van der Waals surface area contributed by atoms with Crippen molar-refractivity contribution in [3.8, 4) is 11.1 Å². The highest BCUT2D eigenvalue weighted by Gasteiger charge is 2.09. The molecule has 0 aliphatic carbocycles. The molecule has 1 heterocycles. The summed E-state index contributed by atoms with van der Waals surface area (Å²) >= 11 is 0. The maximum absolute atomic E-state index is 3.32. The fraction of sp³-hybridized carbons (Fsp3) is 0. The molecule has 6 aromatic rings. The Kier molecular flexibility index (Phi) is 2.95. The van der Waals surface area contributed by atoms with E-state index in [1.165, 1.54) is 54.3 Å². The van der Waals surface area contributed by atoms with Gasteiger partial charge >= 0.3 is 0 Å². The molecular formula is C26H17N. The van der Waals surface area contributed by atoms with Crippen LogP contribution in [-0.2, 0) is 0 Å². The predicted molar refractivity (Wildman–Crippen MR) is 116 cm³/mol. The molecule has 0 radical (unpaired) electrons. The molecule has 0 aliphatic heterocycles. The molecular weight excluding hydrogens is 326 g/mol. The van der Waals surface area contributed by atoms with Gasteiger partial charge in [0.15, 0.2) is 0 Å². The number of nitrogens with one attached hydrogen (secondary N) is 1. The molecule has 0 atom stereocenters. The lowest BCUT2D eigenvalue weighted by atomic mass is 9.92. The average Bonchev–Trinajstić information content (AvgIpc) is 3.21. The van der Waals surface area contributed by atoms with Gasteiger partial charge < -0.3 is 4.98 Å². The summed E-state index contributed by atoms with van der Waals surface area (Å²) in [5.74, 6) is 0. The van der Waals surface area contributed by atoms with E-state index < -0.39 is 0 Å². The van der Waals surface area contributed by atoms with E-state index in [2.05, 4.69) is 96.0 Å². The van der Waals surface area contributed by atoms with Crippen molar-refractivity contribution in [2.45, 2.75) is 0 Å². The fourth-order valence-corrected chi connectivity index (χ4v) is 4.31. The minimum Gasteiger partial charge on any atom is -0.361 e. The fourth-order valence-electron chi connectivity index (χ4n) is 4.31. The van der Waals surface area contributed by atoms with Crippen LogP contribution in [0, 0.1) is 0 Å². The average molecular weight is 343 g/mol. The normalized spacial score (nSPS) is 11.7. The van der Waals surface area contributed by atoms with Crippen LogP contribution < -0.4 is 0 Å². The lowest BCUT2D eigenvalue weighted by Gasteiger charge is -2.12. The first-order valence-electron chi connectivity index (χ1n) is 9.29. The summed E-state index contributed by atoms with van der Waals surface area (Å²) in [7, 11) is 0. The minimum atomic E-state index is 1.18. The maximum atomic E-state index is 3.32. The Labute approximate surface area is 156 Å². The molecule has 0 spiro atoms. The molecule has 1 nitrogen and oxygen atoms in total. The highest BCUT2D eigenvalue weighted by molar-refractivity contribution is 6.25. The van der Waals surface area contributed by atoms with Crippen LogP contribution in [0.5, 0.6) is 0 Å². The topological polar surface area (TPSA) is 15.8 Å². The molecule has 0 unspecified atom stereocenters. The first-order valence-corrected chi connectivity index (χ1v) is 9.29. The van der Waals surface area contributed by atoms with Gasteiger partial charge in [-0.05, 0) is 67.0 Å². The van der Waals surface area contributed by atoms with E-state index in [9.17, 15) is 0 Å². The van der Waals surface area contributed by atoms with Gasteiger partial charge in [0.05, 0.1) is 0 Å². The third kappa shape index (κ3) is 2.12. The van der Waals surface area contributed by atoms with Crippen molar-refractivity contribution < 1.29 is 0 Å². The zero-order chi connectivity index (χ0) is 17.8. The molecule has 0 bridgehead atoms. The second kappa shape index (κ2) is 5.46. The van der Waals surface area contributed by atoms with Crippen LogP contribution in [0.15, 0.2) is 97.2 Å². The van der Waals surface area contributed by atoms with Gasteiger partial charge in [-0.15, -0.1) is 0 Å². The third-order valence-corrected chi connectivity index (χ3v) is 5.63. The van der Waals surface area contributed by atoms with Crippen molar-refractivity contribution in [1.29, 1.82) is 0 Å². The summed E-state index contributed by atoms with van der Waals surface area (Å²) in [5.41, 5.74) is 3.67. The van der Waals surface area contributed by atoms with Crippen LogP contribution in [-0.4, -0.2) is 4.98 Å². The molecule has 0 saturated heterocycles. The Morgan fingerprint density at radius 2 is 1.00 bits per heavy atom. The molecule has 5 aromatic carbocycles. The highest BCUT2D eigenvalue weighted by Crippen LogP contribution is 2.37. The second-order valence-corrected chi connectivity index (χ2v) is 7.13. The van der Waals surface area contributed by atoms with Gasteiger partial charge in [0, 0.05) is 11.7 Å². The molecule has 1 N–H and O–H groups in total. The van der Waals surface area contributed by atoms with Gasteiger partial charge in [0.2, 0.25) is 0 Å². The Bertz CT molecular complexity index is 1430. The zero-order valence-electron chi connectivity index (χ0n) is 14.7. The van der Waals surface area contributed by atoms with Crippen molar-refractivity contribution in [2.24, 2.45) is 0 Å². The molecule has 0 fully saturated rings. The predicted octanol–water partition coefficient (Wildman–Crippen LogP) is 7.29. The van der Waals surface area contributed by atoms with Crippen LogP contribution >= 0.6 is 0 Å². The third-order valence-electron chi connectivity index (χ3n) is 5.63. The van der Waals surface area contributed by atoms with Gasteiger partial charge in [-0.25, -0.2) is 0 Å². The van der Waals surface area contributed by atoms with E-state index in [1.807, 2.05) is 6.20 Å². The monoisotopic (exact) mass is 343 g/mol. The Hall–Kier alpha value is -3.58. The molecule has 1 heteroatoms. The van der Waals surface area contributed by atoms with Gasteiger partial charge in [-0.3, -0.25) is 0 Å². The number of H-pyrrole nitrogens is 1. The van der Waals surface area contributed by atoms with Crippen molar-refractivity contribution in [2.75, 3.05) is 0 Å². The zero-order valence-corrected chi connectivity index (χ0v) is 14.7. The molecule has 126 valence electrons. The number of aromatic nitrogens is 1. The summed E-state index contributed by atoms with van der Waals surface area (Å²) < 4.78 is 0. The van der Waals surface area contributed by atoms with Crippen molar-refractivity contribution in [3.05, 3.63) is 97.2 Å². The first kappa shape index (κ1) is 14.6. The standard InChI is InChI=1S/C26H17N/c1-2-7-22-20(5-1)21-6-3-4-8-23(21)25-15-18(11-12-24(22)25)19-10-9-17-13-14-27-26(17)16-19/h1-16,27H. The van der Waals surface area contributed by atoms with E-state index in [0.29, 0.717) is 0 Å². The summed E-state index contributed by atoms with van der Waals surface area (Å²) in [6.45, 7) is 0. The molecule has 27 heavy (non-hydrogen) atoms. The van der Waals surface area contributed by atoms with Crippen LogP contribution in [0.25, 0.3) is 54.3 Å². The molecule has 1 aromatic heterocycles. The summed E-state index contributed by atoms with van der Waals surface area (Å²) in [4.78, 5) is 3.32. The molecule has 0 amide bonds. The largest absolute Gasteiger partial charge is 0.361 e. The SMILES string of the molecule is c1ccc2c(c1)c1ccccc1c1cc(-c3ccc4cc[nH]c4c3)ccc21. The number of hydrogen-bond acceptors (Lipinski definition) is 0. The number of benzene rings is 5. The van der Waals surface area contributed by atoms with Crippen LogP contribution in [0.3, 0.4) is 0 Å². The molecule has 6 rings (SSSR count). The van der Waals surface area contributed by atoms with Gasteiger partial charge in [-0.1, -0.05) is 72.8 Å². The van der Waals surface area contributed by atoms with Crippen molar-refractivity contribution in [3.63, 3.8) is 0 Å². The van der Waals surface area contributed by atoms with E-state index >= 15 is 0 Å². The maximum Gasteiger partial charge on any atom is 0.0460 e. The Morgan fingerprint density at radius 1 is 0.444 bits per heavy atom. The highest BCUT2D eigenvalue weighted by atomic mass is 14.7. The number of aromatic amines is 1. The van der Waals surface area contributed by atoms with E-state index in [1.54, 1.807) is 0 Å². The Morgan fingerprint density at radius 3 is 1.70 bits per heavy atom. The van der Waals surface area contributed by atoms with E-state index in [-0.39, 0.29) is 0 Å². The smallest absolute Gasteiger partial charge is 0.0460 e. The number of hydrogen-bond donors (Lipinski definition) is 1.